The van der Waals surface area contributed by atoms with E-state index in [0.717, 1.165) is 11.4 Å². The van der Waals surface area contributed by atoms with Crippen molar-refractivity contribution >= 4 is 49.6 Å². The molecule has 0 fully saturated rings. The molecular formula is C52H40N2. The second-order valence-corrected chi connectivity index (χ2v) is 16.2. The van der Waals surface area contributed by atoms with E-state index in [-0.39, 0.29) is 10.8 Å². The van der Waals surface area contributed by atoms with Crippen molar-refractivity contribution in [3.63, 3.8) is 0 Å². The maximum absolute atomic E-state index is 2.63. The average Bonchev–Trinajstić information content (AvgIpc) is 3.54. The molecule has 2 aliphatic rings. The summed E-state index contributed by atoms with van der Waals surface area (Å²) in [6, 6.07) is 63.0. The van der Waals surface area contributed by atoms with Crippen molar-refractivity contribution in [2.24, 2.45) is 0 Å². The van der Waals surface area contributed by atoms with E-state index >= 15 is 0 Å². The van der Waals surface area contributed by atoms with Gasteiger partial charge in [-0.1, -0.05) is 149 Å². The van der Waals surface area contributed by atoms with Gasteiger partial charge in [0.15, 0.2) is 0 Å². The fourth-order valence-electron chi connectivity index (χ4n) is 9.74. The van der Waals surface area contributed by atoms with Crippen LogP contribution in [0.1, 0.15) is 49.9 Å². The second-order valence-electron chi connectivity index (χ2n) is 16.2. The van der Waals surface area contributed by atoms with Crippen LogP contribution >= 0.6 is 0 Å². The zero-order chi connectivity index (χ0) is 36.3. The molecular weight excluding hydrogens is 653 g/mol. The molecule has 9 aromatic rings. The fourth-order valence-corrected chi connectivity index (χ4v) is 9.74. The van der Waals surface area contributed by atoms with Gasteiger partial charge in [0.25, 0.3) is 0 Å². The fraction of sp³-hybridized carbons (Fsp3) is 0.115. The molecule has 0 atom stereocenters. The van der Waals surface area contributed by atoms with Crippen molar-refractivity contribution in [1.29, 1.82) is 0 Å². The van der Waals surface area contributed by atoms with Crippen LogP contribution in [0.4, 0.5) is 17.1 Å². The Labute approximate surface area is 316 Å². The quantitative estimate of drug-likeness (QED) is 0.174. The van der Waals surface area contributed by atoms with E-state index in [1.165, 1.54) is 88.5 Å². The maximum atomic E-state index is 2.63. The summed E-state index contributed by atoms with van der Waals surface area (Å²) >= 11 is 0. The minimum Gasteiger partial charge on any atom is -0.310 e. The summed E-state index contributed by atoms with van der Waals surface area (Å²) in [6.45, 7) is 9.68. The van der Waals surface area contributed by atoms with Gasteiger partial charge in [0.05, 0.1) is 16.7 Å². The van der Waals surface area contributed by atoms with Crippen LogP contribution < -0.4 is 4.90 Å². The topological polar surface area (TPSA) is 8.17 Å². The van der Waals surface area contributed by atoms with E-state index in [0.29, 0.717) is 0 Å². The average molecular weight is 693 g/mol. The number of hydrogen-bond donors (Lipinski definition) is 0. The van der Waals surface area contributed by atoms with E-state index in [2.05, 4.69) is 207 Å². The predicted molar refractivity (Wildman–Crippen MR) is 228 cm³/mol. The number of hydrogen-bond acceptors (Lipinski definition) is 1. The zero-order valence-electron chi connectivity index (χ0n) is 31.1. The van der Waals surface area contributed by atoms with Crippen LogP contribution in [0.2, 0.25) is 0 Å². The lowest BCUT2D eigenvalue weighted by molar-refractivity contribution is 0.594. The number of anilines is 3. The third-order valence-corrected chi connectivity index (χ3v) is 12.5. The molecule has 0 N–H and O–H groups in total. The Morgan fingerprint density at radius 3 is 1.69 bits per heavy atom. The van der Waals surface area contributed by atoms with Crippen LogP contribution in [0.25, 0.3) is 60.5 Å². The molecule has 2 heteroatoms. The lowest BCUT2D eigenvalue weighted by Crippen LogP contribution is -2.33. The van der Waals surface area contributed by atoms with Gasteiger partial charge in [-0.15, -0.1) is 0 Å². The summed E-state index contributed by atoms with van der Waals surface area (Å²) in [5.41, 5.74) is 17.6. The van der Waals surface area contributed by atoms with Gasteiger partial charge < -0.3 is 9.47 Å². The van der Waals surface area contributed by atoms with Crippen LogP contribution in [0.3, 0.4) is 0 Å². The molecule has 8 aromatic carbocycles. The molecule has 0 bridgehead atoms. The largest absolute Gasteiger partial charge is 0.310 e. The van der Waals surface area contributed by atoms with E-state index in [9.17, 15) is 0 Å². The summed E-state index contributed by atoms with van der Waals surface area (Å²) < 4.78 is 2.63. The molecule has 0 saturated heterocycles. The first kappa shape index (κ1) is 31.2. The highest BCUT2D eigenvalue weighted by Crippen LogP contribution is 2.57. The van der Waals surface area contributed by atoms with Crippen molar-refractivity contribution in [2.45, 2.75) is 38.5 Å². The Bertz CT molecular complexity index is 2960. The number of benzene rings is 8. The van der Waals surface area contributed by atoms with Gasteiger partial charge >= 0.3 is 0 Å². The van der Waals surface area contributed by atoms with Crippen LogP contribution in [0.5, 0.6) is 0 Å². The van der Waals surface area contributed by atoms with Gasteiger partial charge in [-0.2, -0.15) is 0 Å². The number of para-hydroxylation sites is 2. The van der Waals surface area contributed by atoms with Crippen LogP contribution in [0.15, 0.2) is 170 Å². The number of aromatic nitrogens is 1. The van der Waals surface area contributed by atoms with Crippen molar-refractivity contribution in [1.82, 2.24) is 4.57 Å². The van der Waals surface area contributed by atoms with Crippen LogP contribution in [-0.4, -0.2) is 4.57 Å². The normalized spacial score (nSPS) is 14.6. The Kier molecular flexibility index (Phi) is 6.39. The number of fused-ring (bicyclic) bond motifs is 2. The summed E-state index contributed by atoms with van der Waals surface area (Å²) in [7, 11) is 0. The third kappa shape index (κ3) is 4.23. The lowest BCUT2D eigenvalue weighted by atomic mass is 9.68. The van der Waals surface area contributed by atoms with Gasteiger partial charge in [0, 0.05) is 38.7 Å². The maximum Gasteiger partial charge on any atom is 0.0583 e. The highest BCUT2D eigenvalue weighted by Gasteiger charge is 2.44. The molecule has 0 spiro atoms. The molecule has 11 rings (SSSR count). The SMILES string of the molecule is CC1(C)c2cccc3c2-n2c4c1cc(-c1ccccc1)cc4c1cc(N(c4ccccc4)c4ccc(-c5cccc6ccccc56)cc4)cc(c12)C3(C)C. The van der Waals surface area contributed by atoms with Gasteiger partial charge in [0.2, 0.25) is 0 Å². The highest BCUT2D eigenvalue weighted by molar-refractivity contribution is 6.16. The summed E-state index contributed by atoms with van der Waals surface area (Å²) in [5, 5.41) is 5.15. The van der Waals surface area contributed by atoms with Gasteiger partial charge in [0.1, 0.15) is 0 Å². The summed E-state index contributed by atoms with van der Waals surface area (Å²) in [4.78, 5) is 2.44. The molecule has 54 heavy (non-hydrogen) atoms. The summed E-state index contributed by atoms with van der Waals surface area (Å²) in [5.74, 6) is 0. The first-order valence-electron chi connectivity index (χ1n) is 19.1. The summed E-state index contributed by atoms with van der Waals surface area (Å²) in [6.07, 6.45) is 0. The van der Waals surface area contributed by atoms with E-state index in [4.69, 9.17) is 0 Å². The Morgan fingerprint density at radius 1 is 0.389 bits per heavy atom. The first-order valence-corrected chi connectivity index (χ1v) is 19.1. The molecule has 0 amide bonds. The van der Waals surface area contributed by atoms with E-state index in [1.54, 1.807) is 0 Å². The molecule has 0 radical (unpaired) electrons. The predicted octanol–water partition coefficient (Wildman–Crippen LogP) is 14.0. The van der Waals surface area contributed by atoms with Gasteiger partial charge in [-0.05, 0) is 104 Å². The molecule has 2 nitrogen and oxygen atoms in total. The van der Waals surface area contributed by atoms with Gasteiger partial charge in [-0.25, -0.2) is 0 Å². The van der Waals surface area contributed by atoms with Crippen molar-refractivity contribution in [3.8, 4) is 27.9 Å². The van der Waals surface area contributed by atoms with Crippen molar-refractivity contribution in [2.75, 3.05) is 4.90 Å². The lowest BCUT2D eigenvalue weighted by Gasteiger charge is -2.42. The van der Waals surface area contributed by atoms with Crippen LogP contribution in [0, 0.1) is 0 Å². The molecule has 0 aliphatic carbocycles. The Balaban J connectivity index is 1.20. The molecule has 2 aliphatic heterocycles. The zero-order valence-corrected chi connectivity index (χ0v) is 31.1. The molecule has 1 aromatic heterocycles. The minimum atomic E-state index is -0.222. The highest BCUT2D eigenvalue weighted by atomic mass is 15.1. The Morgan fingerprint density at radius 2 is 0.963 bits per heavy atom. The van der Waals surface area contributed by atoms with E-state index in [1.807, 2.05) is 0 Å². The molecule has 3 heterocycles. The number of nitrogens with zero attached hydrogens (tertiary/aromatic N) is 2. The standard InChI is InChI=1S/C52H40N2/c1-51(2)44-23-14-24-45-50(44)54-48-42(29-36(30-46(48)51)33-15-7-5-8-16-33)43-31-39(32-47(49(43)54)52(45,3)4)53(37-19-9-6-10-20-37)38-27-25-35(26-28-38)41-22-13-18-34-17-11-12-21-40(34)41/h5-32H,1-4H3. The monoisotopic (exact) mass is 692 g/mol. The van der Waals surface area contributed by atoms with Crippen molar-refractivity contribution < 1.29 is 0 Å². The minimum absolute atomic E-state index is 0.170. The van der Waals surface area contributed by atoms with Crippen molar-refractivity contribution in [3.05, 3.63) is 192 Å². The smallest absolute Gasteiger partial charge is 0.0583 e. The van der Waals surface area contributed by atoms with E-state index < -0.39 is 0 Å². The van der Waals surface area contributed by atoms with Gasteiger partial charge in [-0.3, -0.25) is 0 Å². The first-order chi connectivity index (χ1) is 26.3. The number of rotatable bonds is 5. The molecule has 0 unspecified atom stereocenters. The molecule has 0 saturated carbocycles. The van der Waals surface area contributed by atoms with Crippen LogP contribution in [-0.2, 0) is 10.8 Å². The Hall–Kier alpha value is -6.38. The second kappa shape index (κ2) is 11.1. The molecule has 258 valence electrons. The third-order valence-electron chi connectivity index (χ3n) is 12.5.